The molecule has 8 heteroatoms. The molecule has 0 aliphatic carbocycles. The fourth-order valence-electron chi connectivity index (χ4n) is 1.96. The van der Waals surface area contributed by atoms with Crippen molar-refractivity contribution in [1.82, 2.24) is 19.7 Å². The van der Waals surface area contributed by atoms with Gasteiger partial charge >= 0.3 is 0 Å². The van der Waals surface area contributed by atoms with E-state index in [1.165, 1.54) is 28.8 Å². The van der Waals surface area contributed by atoms with E-state index in [1.807, 2.05) is 0 Å². The Morgan fingerprint density at radius 3 is 2.65 bits per heavy atom. The summed E-state index contributed by atoms with van der Waals surface area (Å²) in [6, 6.07) is 3.50. The maximum atomic E-state index is 13.9. The van der Waals surface area contributed by atoms with Crippen LogP contribution in [0.4, 0.5) is 8.78 Å². The molecule has 0 N–H and O–H groups in total. The molecule has 0 saturated heterocycles. The first-order valence-electron chi connectivity index (χ1n) is 7.01. The largest absolute Gasteiger partial charge is 0.347 e. The number of thioether (sulfide) groups is 1. The van der Waals surface area contributed by atoms with Crippen molar-refractivity contribution in [3.8, 4) is 0 Å². The van der Waals surface area contributed by atoms with Gasteiger partial charge in [-0.15, -0.1) is 10.2 Å². The molecule has 0 aliphatic rings. The lowest BCUT2D eigenvalue weighted by atomic mass is 10.1. The lowest BCUT2D eigenvalue weighted by Crippen LogP contribution is -2.27. The van der Waals surface area contributed by atoms with Crippen molar-refractivity contribution in [2.75, 3.05) is 14.1 Å². The molecule has 0 radical (unpaired) electrons. The molecule has 1 unspecified atom stereocenters. The summed E-state index contributed by atoms with van der Waals surface area (Å²) in [5.41, 5.74) is 0.377. The minimum absolute atomic E-state index is 0.0876. The third-order valence-corrected chi connectivity index (χ3v) is 4.50. The Morgan fingerprint density at radius 2 is 2.04 bits per heavy atom. The number of nitrogens with zero attached hydrogens (tertiary/aromatic N) is 4. The highest BCUT2D eigenvalue weighted by Crippen LogP contribution is 2.35. The number of likely N-dealkylation sites (N-methyl/N-ethyl adjacent to an activating group) is 1. The van der Waals surface area contributed by atoms with Crippen molar-refractivity contribution in [2.45, 2.75) is 30.8 Å². The van der Waals surface area contributed by atoms with Gasteiger partial charge in [-0.25, -0.2) is 8.78 Å². The fraction of sp³-hybridized carbons (Fsp3) is 0.400. The van der Waals surface area contributed by atoms with E-state index in [9.17, 15) is 13.6 Å². The van der Waals surface area contributed by atoms with Crippen molar-refractivity contribution in [3.05, 3.63) is 41.2 Å². The summed E-state index contributed by atoms with van der Waals surface area (Å²) < 4.78 is 28.6. The number of aryl methyl sites for hydroxylation is 1. The number of hydrogen-bond acceptors (Lipinski definition) is 4. The molecular formula is C15H18F2N4OS. The van der Waals surface area contributed by atoms with Crippen molar-refractivity contribution < 1.29 is 13.6 Å². The van der Waals surface area contributed by atoms with E-state index in [1.54, 1.807) is 32.5 Å². The molecule has 0 bridgehead atoms. The number of benzene rings is 1. The number of halogens is 2. The highest BCUT2D eigenvalue weighted by Gasteiger charge is 2.19. The van der Waals surface area contributed by atoms with E-state index in [2.05, 4.69) is 10.2 Å². The summed E-state index contributed by atoms with van der Waals surface area (Å²) in [6.45, 7) is 3.67. The van der Waals surface area contributed by atoms with Gasteiger partial charge in [0.25, 0.3) is 0 Å². The van der Waals surface area contributed by atoms with Crippen molar-refractivity contribution >= 4 is 17.7 Å². The number of aromatic nitrogens is 3. The summed E-state index contributed by atoms with van der Waals surface area (Å²) >= 11 is 1.27. The van der Waals surface area contributed by atoms with Gasteiger partial charge < -0.3 is 4.90 Å². The minimum Gasteiger partial charge on any atom is -0.347 e. The number of hydrogen-bond donors (Lipinski definition) is 0. The number of carbonyl (C=O) groups excluding carboxylic acids is 1. The molecule has 1 amide bonds. The third kappa shape index (κ3) is 4.07. The van der Waals surface area contributed by atoms with Crippen LogP contribution in [0.5, 0.6) is 0 Å². The zero-order valence-corrected chi connectivity index (χ0v) is 14.2. The number of carbonyl (C=O) groups is 1. The van der Waals surface area contributed by atoms with Gasteiger partial charge in [-0.05, 0) is 19.9 Å². The average molecular weight is 340 g/mol. The quantitative estimate of drug-likeness (QED) is 0.786. The van der Waals surface area contributed by atoms with Crippen molar-refractivity contribution in [3.63, 3.8) is 0 Å². The molecule has 2 rings (SSSR count). The Labute approximate surface area is 137 Å². The molecule has 1 aromatic heterocycles. The zero-order chi connectivity index (χ0) is 17.1. The fourth-order valence-corrected chi connectivity index (χ4v) is 3.01. The second-order valence-electron chi connectivity index (χ2n) is 5.33. The molecule has 2 aromatic rings. The predicted octanol–water partition coefficient (Wildman–Crippen LogP) is 2.81. The molecule has 0 saturated carbocycles. The molecule has 0 aliphatic heterocycles. The highest BCUT2D eigenvalue weighted by molar-refractivity contribution is 7.99. The van der Waals surface area contributed by atoms with E-state index < -0.39 is 11.6 Å². The Hall–Kier alpha value is -1.96. The Morgan fingerprint density at radius 1 is 1.35 bits per heavy atom. The first kappa shape index (κ1) is 17.4. The molecule has 1 atom stereocenters. The average Bonchev–Trinajstić information content (AvgIpc) is 2.79. The third-order valence-electron chi connectivity index (χ3n) is 3.38. The summed E-state index contributed by atoms with van der Waals surface area (Å²) in [4.78, 5) is 13.4. The number of rotatable bonds is 5. The van der Waals surface area contributed by atoms with Gasteiger partial charge in [0.2, 0.25) is 5.91 Å². The molecule has 1 aromatic carbocycles. The van der Waals surface area contributed by atoms with Crippen LogP contribution in [0.25, 0.3) is 0 Å². The van der Waals surface area contributed by atoms with E-state index >= 15 is 0 Å². The molecule has 0 spiro atoms. The van der Waals surface area contributed by atoms with Gasteiger partial charge in [0, 0.05) is 31.0 Å². The molecule has 5 nitrogen and oxygen atoms in total. The van der Waals surface area contributed by atoms with E-state index in [0.29, 0.717) is 16.5 Å². The van der Waals surface area contributed by atoms with Crippen LogP contribution in [0.15, 0.2) is 23.4 Å². The van der Waals surface area contributed by atoms with Crippen LogP contribution in [-0.4, -0.2) is 39.7 Å². The summed E-state index contributed by atoms with van der Waals surface area (Å²) in [6.07, 6.45) is 0. The first-order valence-corrected chi connectivity index (χ1v) is 7.89. The van der Waals surface area contributed by atoms with Crippen LogP contribution < -0.4 is 0 Å². The lowest BCUT2D eigenvalue weighted by molar-refractivity contribution is -0.129. The Bertz CT molecular complexity index is 717. The first-order chi connectivity index (χ1) is 10.8. The van der Waals surface area contributed by atoms with Gasteiger partial charge in [0.05, 0.1) is 0 Å². The Balaban J connectivity index is 2.21. The lowest BCUT2D eigenvalue weighted by Gasteiger charge is -2.15. The van der Waals surface area contributed by atoms with Crippen LogP contribution in [-0.2, 0) is 11.3 Å². The van der Waals surface area contributed by atoms with Crippen LogP contribution in [0, 0.1) is 18.6 Å². The normalized spacial score (nSPS) is 12.3. The van der Waals surface area contributed by atoms with Gasteiger partial charge in [0.1, 0.15) is 24.0 Å². The van der Waals surface area contributed by atoms with E-state index in [-0.39, 0.29) is 17.7 Å². The van der Waals surface area contributed by atoms with Crippen LogP contribution in [0.2, 0.25) is 0 Å². The molecule has 124 valence electrons. The maximum absolute atomic E-state index is 13.9. The van der Waals surface area contributed by atoms with Crippen LogP contribution >= 0.6 is 11.8 Å². The standard InChI is InChI=1S/C15H18F2N4OS/c1-9(12-6-5-11(16)7-13(12)17)23-15-19-18-10(2)21(15)8-14(22)20(3)4/h5-7,9H,8H2,1-4H3. The predicted molar refractivity (Wildman–Crippen MR) is 84.1 cm³/mol. The molecular weight excluding hydrogens is 322 g/mol. The molecule has 23 heavy (non-hydrogen) atoms. The summed E-state index contributed by atoms with van der Waals surface area (Å²) in [5.74, 6) is -0.693. The summed E-state index contributed by atoms with van der Waals surface area (Å²) in [7, 11) is 3.34. The zero-order valence-electron chi connectivity index (χ0n) is 13.4. The van der Waals surface area contributed by atoms with Gasteiger partial charge in [-0.3, -0.25) is 9.36 Å². The highest BCUT2D eigenvalue weighted by atomic mass is 32.2. The van der Waals surface area contributed by atoms with E-state index in [0.717, 1.165) is 6.07 Å². The molecule has 1 heterocycles. The van der Waals surface area contributed by atoms with E-state index in [4.69, 9.17) is 0 Å². The van der Waals surface area contributed by atoms with Gasteiger partial charge in [-0.2, -0.15) is 0 Å². The monoisotopic (exact) mass is 340 g/mol. The topological polar surface area (TPSA) is 51.0 Å². The van der Waals surface area contributed by atoms with Gasteiger partial charge in [0.15, 0.2) is 5.16 Å². The van der Waals surface area contributed by atoms with Crippen LogP contribution in [0.3, 0.4) is 0 Å². The molecule has 0 fully saturated rings. The SMILES string of the molecule is Cc1nnc(SC(C)c2ccc(F)cc2F)n1CC(=O)N(C)C. The van der Waals surface area contributed by atoms with Gasteiger partial charge in [-0.1, -0.05) is 17.8 Å². The minimum atomic E-state index is -0.612. The maximum Gasteiger partial charge on any atom is 0.242 e. The smallest absolute Gasteiger partial charge is 0.242 e. The van der Waals surface area contributed by atoms with Crippen LogP contribution in [0.1, 0.15) is 23.6 Å². The van der Waals surface area contributed by atoms with Crippen molar-refractivity contribution in [2.24, 2.45) is 0 Å². The Kier molecular flexibility index (Phi) is 5.35. The second-order valence-corrected chi connectivity index (χ2v) is 6.64. The van der Waals surface area contributed by atoms with Crippen molar-refractivity contribution in [1.29, 1.82) is 0 Å². The number of amides is 1. The second kappa shape index (κ2) is 7.08. The summed E-state index contributed by atoms with van der Waals surface area (Å²) in [5, 5.41) is 8.25.